The maximum absolute atomic E-state index is 13.3. The number of benzene rings is 3. The molecule has 3 rings (SSSR count). The van der Waals surface area contributed by atoms with E-state index in [0.717, 1.165) is 9.87 Å². The van der Waals surface area contributed by atoms with Gasteiger partial charge in [-0.25, -0.2) is 8.42 Å². The van der Waals surface area contributed by atoms with Crippen LogP contribution in [-0.2, 0) is 20.6 Å². The van der Waals surface area contributed by atoms with E-state index >= 15 is 0 Å². The Morgan fingerprint density at radius 2 is 1.56 bits per heavy atom. The fourth-order valence-electron chi connectivity index (χ4n) is 3.00. The van der Waals surface area contributed by atoms with Crippen LogP contribution in [0.5, 0.6) is 0 Å². The third-order valence-corrected chi connectivity index (χ3v) is 8.68. The normalized spacial score (nSPS) is 11.3. The van der Waals surface area contributed by atoms with Crippen molar-refractivity contribution in [2.45, 2.75) is 10.6 Å². The summed E-state index contributed by atoms with van der Waals surface area (Å²) >= 11 is 26.2. The van der Waals surface area contributed by atoms with Gasteiger partial charge in [0.25, 0.3) is 10.0 Å². The zero-order valence-corrected chi connectivity index (χ0v) is 22.3. The van der Waals surface area contributed by atoms with Gasteiger partial charge in [-0.05, 0) is 48.0 Å². The molecule has 0 aromatic heterocycles. The summed E-state index contributed by atoms with van der Waals surface area (Å²) in [4.78, 5) is 12.7. The maximum Gasteiger partial charge on any atom is 0.264 e. The molecule has 0 atom stereocenters. The highest BCUT2D eigenvalue weighted by Gasteiger charge is 2.28. The number of sulfonamides is 1. The number of halogens is 4. The third kappa shape index (κ3) is 6.97. The second kappa shape index (κ2) is 12.4. The topological polar surface area (TPSA) is 66.5 Å². The van der Waals surface area contributed by atoms with Crippen LogP contribution in [0.15, 0.2) is 71.6 Å². The van der Waals surface area contributed by atoms with Gasteiger partial charge >= 0.3 is 0 Å². The lowest BCUT2D eigenvalue weighted by Crippen LogP contribution is -2.41. The number of rotatable bonds is 10. The van der Waals surface area contributed by atoms with Crippen LogP contribution in [-0.4, -0.2) is 33.2 Å². The van der Waals surface area contributed by atoms with Crippen LogP contribution in [0.25, 0.3) is 0 Å². The van der Waals surface area contributed by atoms with E-state index in [4.69, 9.17) is 46.4 Å². The molecule has 0 saturated heterocycles. The Morgan fingerprint density at radius 3 is 2.21 bits per heavy atom. The smallest absolute Gasteiger partial charge is 0.264 e. The molecule has 0 fully saturated rings. The molecule has 0 spiro atoms. The molecule has 0 saturated carbocycles. The average molecular weight is 578 g/mol. The number of thioether (sulfide) groups is 1. The Bertz CT molecular complexity index is 1240. The van der Waals surface area contributed by atoms with Crippen molar-refractivity contribution < 1.29 is 13.2 Å². The molecule has 0 bridgehead atoms. The molecule has 1 N–H and O–H groups in total. The number of carbonyl (C=O) groups excluding carboxylic acids is 1. The van der Waals surface area contributed by atoms with Gasteiger partial charge in [-0.1, -0.05) is 70.7 Å². The predicted molar refractivity (Wildman–Crippen MR) is 143 cm³/mol. The van der Waals surface area contributed by atoms with E-state index in [2.05, 4.69) is 5.32 Å². The van der Waals surface area contributed by atoms with E-state index < -0.39 is 22.5 Å². The first kappa shape index (κ1) is 27.0. The van der Waals surface area contributed by atoms with Gasteiger partial charge in [0.2, 0.25) is 5.91 Å². The van der Waals surface area contributed by atoms with Crippen molar-refractivity contribution >= 4 is 79.8 Å². The number of nitrogens with one attached hydrogen (secondary N) is 1. The highest BCUT2D eigenvalue weighted by molar-refractivity contribution is 7.98. The standard InChI is InChI=1S/C23H20Cl4N2O3S2/c24-16-9-10-22(21(27)13-16)29(34(31,32)17-5-2-1-3-6-17)14-23(30)28-11-12-33-15-18-19(25)7-4-8-20(18)26/h1-10,13H,11-12,14-15H2,(H,28,30). The average Bonchev–Trinajstić information content (AvgIpc) is 2.80. The summed E-state index contributed by atoms with van der Waals surface area (Å²) in [6, 6.07) is 17.6. The van der Waals surface area contributed by atoms with Gasteiger partial charge in [-0.15, -0.1) is 0 Å². The van der Waals surface area contributed by atoms with Crippen LogP contribution < -0.4 is 9.62 Å². The minimum Gasteiger partial charge on any atom is -0.354 e. The van der Waals surface area contributed by atoms with Gasteiger partial charge in [0.15, 0.2) is 0 Å². The Hall–Kier alpha value is -1.61. The monoisotopic (exact) mass is 576 g/mol. The second-order valence-corrected chi connectivity index (χ2v) is 11.6. The summed E-state index contributed by atoms with van der Waals surface area (Å²) in [5.74, 6) is 0.700. The summed E-state index contributed by atoms with van der Waals surface area (Å²) < 4.78 is 27.6. The minimum atomic E-state index is -4.05. The lowest BCUT2D eigenvalue weighted by molar-refractivity contribution is -0.119. The second-order valence-electron chi connectivity index (χ2n) is 7.02. The van der Waals surface area contributed by atoms with Gasteiger partial charge in [0.05, 0.1) is 15.6 Å². The lowest BCUT2D eigenvalue weighted by atomic mass is 10.2. The molecule has 1 amide bonds. The molecule has 0 unspecified atom stereocenters. The number of nitrogens with zero attached hydrogens (tertiary/aromatic N) is 1. The van der Waals surface area contributed by atoms with Crippen molar-refractivity contribution in [3.8, 4) is 0 Å². The Kier molecular flexibility index (Phi) is 9.83. The van der Waals surface area contributed by atoms with Crippen molar-refractivity contribution in [1.29, 1.82) is 0 Å². The summed E-state index contributed by atoms with van der Waals surface area (Å²) in [6.07, 6.45) is 0. The molecular weight excluding hydrogens is 558 g/mol. The quantitative estimate of drug-likeness (QED) is 0.278. The van der Waals surface area contributed by atoms with Crippen LogP contribution in [0.3, 0.4) is 0 Å². The Morgan fingerprint density at radius 1 is 0.882 bits per heavy atom. The summed E-state index contributed by atoms with van der Waals surface area (Å²) in [6.45, 7) is -0.112. The maximum atomic E-state index is 13.3. The molecular formula is C23H20Cl4N2O3S2. The molecule has 34 heavy (non-hydrogen) atoms. The largest absolute Gasteiger partial charge is 0.354 e. The molecule has 11 heteroatoms. The number of amides is 1. The van der Waals surface area contributed by atoms with Crippen LogP contribution >= 0.6 is 58.2 Å². The molecule has 0 radical (unpaired) electrons. The highest BCUT2D eigenvalue weighted by atomic mass is 35.5. The zero-order valence-electron chi connectivity index (χ0n) is 17.7. The summed E-state index contributed by atoms with van der Waals surface area (Å²) in [7, 11) is -4.05. The van der Waals surface area contributed by atoms with Crippen molar-refractivity contribution in [3.63, 3.8) is 0 Å². The summed E-state index contributed by atoms with van der Waals surface area (Å²) in [5.41, 5.74) is 0.993. The fourth-order valence-corrected chi connectivity index (χ4v) is 6.61. The van der Waals surface area contributed by atoms with E-state index in [-0.39, 0.29) is 15.6 Å². The van der Waals surface area contributed by atoms with Gasteiger partial charge in [-0.2, -0.15) is 11.8 Å². The molecule has 0 aliphatic rings. The Labute approximate surface area is 223 Å². The minimum absolute atomic E-state index is 0.0426. The molecule has 0 heterocycles. The number of hydrogen-bond acceptors (Lipinski definition) is 4. The molecule has 3 aromatic carbocycles. The van der Waals surface area contributed by atoms with Crippen LogP contribution in [0.1, 0.15) is 5.56 Å². The van der Waals surface area contributed by atoms with Crippen LogP contribution in [0.2, 0.25) is 20.1 Å². The molecule has 3 aromatic rings. The first-order valence-corrected chi connectivity index (χ1v) is 14.1. The van der Waals surface area contributed by atoms with Gasteiger partial charge < -0.3 is 5.32 Å². The van der Waals surface area contributed by atoms with E-state index in [1.807, 2.05) is 0 Å². The van der Waals surface area contributed by atoms with Crippen molar-refractivity contribution in [3.05, 3.63) is 92.4 Å². The molecule has 5 nitrogen and oxygen atoms in total. The third-order valence-electron chi connectivity index (χ3n) is 4.67. The van der Waals surface area contributed by atoms with Gasteiger partial charge in [0.1, 0.15) is 6.54 Å². The number of anilines is 1. The Balaban J connectivity index is 1.67. The first-order valence-electron chi connectivity index (χ1n) is 10.0. The van der Waals surface area contributed by atoms with Gasteiger partial charge in [0, 0.05) is 33.1 Å². The molecule has 0 aliphatic carbocycles. The van der Waals surface area contributed by atoms with Crippen molar-refractivity contribution in [2.75, 3.05) is 23.1 Å². The SMILES string of the molecule is O=C(CN(c1ccc(Cl)cc1Cl)S(=O)(=O)c1ccccc1)NCCSCc1c(Cl)cccc1Cl. The van der Waals surface area contributed by atoms with E-state index in [1.165, 1.54) is 30.3 Å². The number of carbonyl (C=O) groups is 1. The fraction of sp³-hybridized carbons (Fsp3) is 0.174. The van der Waals surface area contributed by atoms with Crippen molar-refractivity contribution in [2.24, 2.45) is 0 Å². The summed E-state index contributed by atoms with van der Waals surface area (Å²) in [5, 5.41) is 4.40. The van der Waals surface area contributed by atoms with Crippen LogP contribution in [0.4, 0.5) is 5.69 Å². The number of hydrogen-bond donors (Lipinski definition) is 1. The van der Waals surface area contributed by atoms with Crippen molar-refractivity contribution in [1.82, 2.24) is 5.32 Å². The lowest BCUT2D eigenvalue weighted by Gasteiger charge is -2.25. The first-order chi connectivity index (χ1) is 16.2. The molecule has 0 aliphatic heterocycles. The highest BCUT2D eigenvalue weighted by Crippen LogP contribution is 2.32. The van der Waals surface area contributed by atoms with Gasteiger partial charge in [-0.3, -0.25) is 9.10 Å². The van der Waals surface area contributed by atoms with E-state index in [0.29, 0.717) is 33.1 Å². The van der Waals surface area contributed by atoms with Crippen LogP contribution in [0, 0.1) is 0 Å². The molecule has 180 valence electrons. The zero-order chi connectivity index (χ0) is 24.7. The van der Waals surface area contributed by atoms with E-state index in [9.17, 15) is 13.2 Å². The van der Waals surface area contributed by atoms with E-state index in [1.54, 1.807) is 48.2 Å². The predicted octanol–water partition coefficient (Wildman–Crippen LogP) is 6.55.